The molecular weight excluding hydrogens is 630 g/mol. The number of nitrogens with two attached hydrogens (primary N) is 1. The van der Waals surface area contributed by atoms with Crippen molar-refractivity contribution in [1.29, 1.82) is 0 Å². The van der Waals surface area contributed by atoms with Gasteiger partial charge in [-0.2, -0.15) is 13.2 Å². The first-order valence-electron chi connectivity index (χ1n) is 16.4. The van der Waals surface area contributed by atoms with E-state index in [0.717, 1.165) is 59.6 Å². The Hall–Kier alpha value is -3.41. The van der Waals surface area contributed by atoms with Crippen LogP contribution in [0.3, 0.4) is 0 Å². The molecule has 0 spiro atoms. The van der Waals surface area contributed by atoms with E-state index in [-0.39, 0.29) is 36.5 Å². The number of hydrogen-bond donors (Lipinski definition) is 3. The highest BCUT2D eigenvalue weighted by Gasteiger charge is 2.38. The second kappa shape index (κ2) is 15.2. The van der Waals surface area contributed by atoms with E-state index in [1.54, 1.807) is 12.1 Å². The average molecular weight is 674 g/mol. The van der Waals surface area contributed by atoms with Gasteiger partial charge in [0, 0.05) is 34.1 Å². The number of alkyl halides is 3. The molecule has 1 aliphatic rings. The number of H-pyrrole nitrogens is 1. The number of unbranched alkanes of at least 4 members (excludes halogenated alkanes) is 6. The summed E-state index contributed by atoms with van der Waals surface area (Å²) in [6.45, 7) is 2.90. The molecule has 0 radical (unpaired) electrons. The number of aromatic amines is 1. The zero-order valence-corrected chi connectivity index (χ0v) is 27.5. The first-order valence-corrected chi connectivity index (χ1v) is 18.1. The molecule has 0 saturated carbocycles. The Morgan fingerprint density at radius 1 is 0.957 bits per heavy atom. The second-order valence-corrected chi connectivity index (χ2v) is 14.2. The summed E-state index contributed by atoms with van der Waals surface area (Å²) in [5, 5.41) is 9.60. The van der Waals surface area contributed by atoms with Gasteiger partial charge < -0.3 is 15.0 Å². The maximum absolute atomic E-state index is 15.3. The van der Waals surface area contributed by atoms with Crippen molar-refractivity contribution in [3.63, 3.8) is 0 Å². The molecule has 254 valence electrons. The molecule has 0 bridgehead atoms. The monoisotopic (exact) mass is 673 g/mol. The SMILES string of the molecule is CCCCCCCCCNC1Cc2cc(F)c(OCCCS(N)(=O)=O)cc2C1c1[nH]c2ccccc2c1-c1cccc(C(F)(F)F)c1. The van der Waals surface area contributed by atoms with Crippen molar-refractivity contribution in [1.82, 2.24) is 10.3 Å². The number of primary sulfonamides is 1. The van der Waals surface area contributed by atoms with Gasteiger partial charge in [-0.05, 0) is 72.8 Å². The summed E-state index contributed by atoms with van der Waals surface area (Å²) in [5.41, 5.74) is 3.51. The molecule has 0 saturated heterocycles. The lowest BCUT2D eigenvalue weighted by atomic mass is 9.88. The zero-order chi connectivity index (χ0) is 33.6. The van der Waals surface area contributed by atoms with Crippen LogP contribution in [0.1, 0.15) is 86.6 Å². The van der Waals surface area contributed by atoms with Crippen molar-refractivity contribution in [2.75, 3.05) is 18.9 Å². The number of benzene rings is 3. The smallest absolute Gasteiger partial charge is 0.416 e. The molecule has 4 N–H and O–H groups in total. The molecule has 47 heavy (non-hydrogen) atoms. The second-order valence-electron chi connectivity index (χ2n) is 12.5. The summed E-state index contributed by atoms with van der Waals surface area (Å²) < 4.78 is 85.3. The van der Waals surface area contributed by atoms with Gasteiger partial charge in [0.15, 0.2) is 11.6 Å². The fourth-order valence-electron chi connectivity index (χ4n) is 6.68. The Morgan fingerprint density at radius 2 is 1.70 bits per heavy atom. The maximum atomic E-state index is 15.3. The maximum Gasteiger partial charge on any atom is 0.416 e. The fourth-order valence-corrected chi connectivity index (χ4v) is 7.20. The topological polar surface area (TPSA) is 97.2 Å². The first kappa shape index (κ1) is 34.9. The van der Waals surface area contributed by atoms with Crippen molar-refractivity contribution in [3.8, 4) is 16.9 Å². The van der Waals surface area contributed by atoms with Gasteiger partial charge in [-0.15, -0.1) is 0 Å². The van der Waals surface area contributed by atoms with Crippen LogP contribution in [0.15, 0.2) is 60.7 Å². The molecule has 6 nitrogen and oxygen atoms in total. The highest BCUT2D eigenvalue weighted by molar-refractivity contribution is 7.89. The Morgan fingerprint density at radius 3 is 2.45 bits per heavy atom. The summed E-state index contributed by atoms with van der Waals surface area (Å²) in [7, 11) is -3.68. The van der Waals surface area contributed by atoms with E-state index in [1.807, 2.05) is 24.3 Å². The largest absolute Gasteiger partial charge is 0.490 e. The van der Waals surface area contributed by atoms with Crippen LogP contribution < -0.4 is 15.2 Å². The van der Waals surface area contributed by atoms with Crippen molar-refractivity contribution in [2.24, 2.45) is 5.14 Å². The minimum Gasteiger partial charge on any atom is -0.490 e. The van der Waals surface area contributed by atoms with E-state index in [4.69, 9.17) is 9.88 Å². The number of aromatic nitrogens is 1. The van der Waals surface area contributed by atoms with Crippen LogP contribution in [0, 0.1) is 5.82 Å². The molecule has 0 fully saturated rings. The summed E-state index contributed by atoms with van der Waals surface area (Å²) in [6.07, 6.45) is 4.24. The average Bonchev–Trinajstić information content (AvgIpc) is 3.57. The lowest BCUT2D eigenvalue weighted by molar-refractivity contribution is -0.137. The minimum absolute atomic E-state index is 0.00683. The molecular formula is C36H43F4N3O3S. The standard InChI is InChI=1S/C36H43F4N3O3S/c1-2-3-4-5-6-7-10-17-42-31-22-25-21-29(37)32(46-18-12-19-47(41,44)45)23-28(25)34(31)35-33(27-15-8-9-16-30(27)43-35)24-13-11-14-26(20-24)36(38,39)40/h8-9,11,13-16,20-21,23,31,34,42-43H,2-7,10,12,17-19,22H2,1H3,(H2,41,44,45). The summed E-state index contributed by atoms with van der Waals surface area (Å²) >= 11 is 0. The van der Waals surface area contributed by atoms with Crippen LogP contribution in [0.4, 0.5) is 17.6 Å². The van der Waals surface area contributed by atoms with Crippen molar-refractivity contribution < 1.29 is 30.7 Å². The molecule has 11 heteroatoms. The minimum atomic E-state index is -4.50. The highest BCUT2D eigenvalue weighted by atomic mass is 32.2. The lowest BCUT2D eigenvalue weighted by Crippen LogP contribution is -2.34. The van der Waals surface area contributed by atoms with Crippen LogP contribution in [0.5, 0.6) is 5.75 Å². The number of nitrogens with one attached hydrogen (secondary N) is 2. The van der Waals surface area contributed by atoms with E-state index in [0.29, 0.717) is 17.5 Å². The summed E-state index contributed by atoms with van der Waals surface area (Å²) in [5.74, 6) is -1.20. The third-order valence-corrected chi connectivity index (χ3v) is 9.77. The number of sulfonamides is 1. The fraction of sp³-hybridized carbons (Fsp3) is 0.444. The Kier molecular flexibility index (Phi) is 11.3. The van der Waals surface area contributed by atoms with Gasteiger partial charge in [-0.25, -0.2) is 17.9 Å². The van der Waals surface area contributed by atoms with Gasteiger partial charge in [0.1, 0.15) is 0 Å². The number of halogens is 4. The molecule has 1 aromatic heterocycles. The quantitative estimate of drug-likeness (QED) is 0.0822. The van der Waals surface area contributed by atoms with Gasteiger partial charge in [0.25, 0.3) is 0 Å². The number of para-hydroxylation sites is 1. The number of fused-ring (bicyclic) bond motifs is 2. The zero-order valence-electron chi connectivity index (χ0n) is 26.6. The van der Waals surface area contributed by atoms with Gasteiger partial charge in [-0.3, -0.25) is 0 Å². The number of hydrogen-bond acceptors (Lipinski definition) is 4. The Bertz CT molecular complexity index is 1770. The summed E-state index contributed by atoms with van der Waals surface area (Å²) in [4.78, 5) is 3.53. The lowest BCUT2D eigenvalue weighted by Gasteiger charge is -2.23. The van der Waals surface area contributed by atoms with Crippen LogP contribution in [-0.4, -0.2) is 38.3 Å². The molecule has 2 atom stereocenters. The van der Waals surface area contributed by atoms with Gasteiger partial charge in [-0.1, -0.05) is 75.8 Å². The molecule has 2 unspecified atom stereocenters. The van der Waals surface area contributed by atoms with Crippen LogP contribution in [0.2, 0.25) is 0 Å². The normalized spacial score (nSPS) is 16.6. The molecule has 1 aliphatic carbocycles. The van der Waals surface area contributed by atoms with Crippen molar-refractivity contribution >= 4 is 20.9 Å². The first-order chi connectivity index (χ1) is 22.5. The van der Waals surface area contributed by atoms with Crippen molar-refractivity contribution in [3.05, 3.63) is 88.9 Å². The van der Waals surface area contributed by atoms with Gasteiger partial charge in [0.05, 0.1) is 17.9 Å². The van der Waals surface area contributed by atoms with Crippen molar-refractivity contribution in [2.45, 2.75) is 82.8 Å². The van der Waals surface area contributed by atoms with E-state index in [2.05, 4.69) is 17.2 Å². The highest BCUT2D eigenvalue weighted by Crippen LogP contribution is 2.47. The predicted molar refractivity (Wildman–Crippen MR) is 179 cm³/mol. The molecule has 1 heterocycles. The molecule has 5 rings (SSSR count). The van der Waals surface area contributed by atoms with Crippen LogP contribution >= 0.6 is 0 Å². The molecule has 0 amide bonds. The van der Waals surface area contributed by atoms with Gasteiger partial charge >= 0.3 is 6.18 Å². The third-order valence-electron chi connectivity index (χ3n) is 8.91. The Labute approximate surface area is 274 Å². The summed E-state index contributed by atoms with van der Waals surface area (Å²) in [6, 6.07) is 15.9. The Balaban J connectivity index is 1.51. The van der Waals surface area contributed by atoms with E-state index in [1.165, 1.54) is 43.9 Å². The molecule has 4 aromatic rings. The van der Waals surface area contributed by atoms with E-state index in [9.17, 15) is 21.6 Å². The number of rotatable bonds is 16. The van der Waals surface area contributed by atoms with Crippen LogP contribution in [-0.2, 0) is 22.6 Å². The van der Waals surface area contributed by atoms with Crippen LogP contribution in [0.25, 0.3) is 22.0 Å². The molecule has 0 aliphatic heterocycles. The number of ether oxygens (including phenoxy) is 1. The van der Waals surface area contributed by atoms with Gasteiger partial charge in [0.2, 0.25) is 10.0 Å². The molecule has 3 aromatic carbocycles. The predicted octanol–water partition coefficient (Wildman–Crippen LogP) is 8.45. The third kappa shape index (κ3) is 8.74. The van der Waals surface area contributed by atoms with E-state index >= 15 is 4.39 Å². The van der Waals surface area contributed by atoms with E-state index < -0.39 is 27.6 Å².